The van der Waals surface area contributed by atoms with Crippen LogP contribution in [0.4, 0.5) is 0 Å². The summed E-state index contributed by atoms with van der Waals surface area (Å²) in [7, 11) is 0. The van der Waals surface area contributed by atoms with E-state index in [-0.39, 0.29) is 24.3 Å². The fourth-order valence-corrected chi connectivity index (χ4v) is 2.05. The van der Waals surface area contributed by atoms with E-state index in [0.29, 0.717) is 0 Å². The Morgan fingerprint density at radius 3 is 2.57 bits per heavy atom. The van der Waals surface area contributed by atoms with Gasteiger partial charge >= 0.3 is 0 Å². The van der Waals surface area contributed by atoms with Gasteiger partial charge in [-0.15, -0.1) is 0 Å². The van der Waals surface area contributed by atoms with Gasteiger partial charge in [-0.2, -0.15) is 0 Å². The Morgan fingerprint density at radius 2 is 1.95 bits per heavy atom. The fraction of sp³-hybridized carbons (Fsp3) is 0.200. The van der Waals surface area contributed by atoms with Crippen LogP contribution in [0.1, 0.15) is 29.1 Å². The number of furan rings is 1. The summed E-state index contributed by atoms with van der Waals surface area (Å²) >= 11 is 3.36. The zero-order valence-electron chi connectivity index (χ0n) is 11.4. The highest BCUT2D eigenvalue weighted by atomic mass is 79.9. The summed E-state index contributed by atoms with van der Waals surface area (Å²) in [6, 6.07) is 10.7. The molecule has 0 aliphatic carbocycles. The minimum atomic E-state index is -0.411. The van der Waals surface area contributed by atoms with Gasteiger partial charge in [0, 0.05) is 4.47 Å². The predicted molar refractivity (Wildman–Crippen MR) is 81.7 cm³/mol. The van der Waals surface area contributed by atoms with E-state index in [1.54, 1.807) is 6.07 Å². The lowest BCUT2D eigenvalue weighted by Crippen LogP contribution is -2.37. The molecule has 2 aromatic rings. The molecule has 0 fully saturated rings. The predicted octanol–water partition coefficient (Wildman–Crippen LogP) is 2.65. The van der Waals surface area contributed by atoms with E-state index in [2.05, 4.69) is 26.6 Å². The van der Waals surface area contributed by atoms with Crippen LogP contribution in [-0.2, 0) is 4.79 Å². The molecule has 0 spiro atoms. The van der Waals surface area contributed by atoms with Crippen LogP contribution in [0.25, 0.3) is 0 Å². The maximum Gasteiger partial charge on any atom is 0.287 e. The lowest BCUT2D eigenvalue weighted by molar-refractivity contribution is -0.120. The topological polar surface area (TPSA) is 71.3 Å². The van der Waals surface area contributed by atoms with Crippen LogP contribution in [0.15, 0.2) is 51.6 Å². The molecule has 6 heteroatoms. The third-order valence-corrected chi connectivity index (χ3v) is 3.43. The number of rotatable bonds is 5. The van der Waals surface area contributed by atoms with Crippen molar-refractivity contribution in [2.45, 2.75) is 13.0 Å². The van der Waals surface area contributed by atoms with Gasteiger partial charge in [-0.05, 0) is 36.8 Å². The first-order chi connectivity index (χ1) is 10.1. The van der Waals surface area contributed by atoms with E-state index >= 15 is 0 Å². The average molecular weight is 351 g/mol. The molecule has 2 rings (SSSR count). The van der Waals surface area contributed by atoms with Crippen LogP contribution in [0.3, 0.4) is 0 Å². The van der Waals surface area contributed by atoms with Crippen LogP contribution in [0, 0.1) is 0 Å². The van der Waals surface area contributed by atoms with E-state index in [1.165, 1.54) is 12.3 Å². The first-order valence-corrected chi connectivity index (χ1v) is 7.22. The van der Waals surface area contributed by atoms with Crippen molar-refractivity contribution in [2.24, 2.45) is 0 Å². The van der Waals surface area contributed by atoms with E-state index in [4.69, 9.17) is 4.42 Å². The van der Waals surface area contributed by atoms with Crippen molar-refractivity contribution in [3.63, 3.8) is 0 Å². The van der Waals surface area contributed by atoms with Crippen molar-refractivity contribution >= 4 is 27.7 Å². The molecule has 0 radical (unpaired) electrons. The van der Waals surface area contributed by atoms with Crippen LogP contribution < -0.4 is 10.6 Å². The largest absolute Gasteiger partial charge is 0.459 e. The van der Waals surface area contributed by atoms with Crippen molar-refractivity contribution in [2.75, 3.05) is 6.54 Å². The van der Waals surface area contributed by atoms with Crippen molar-refractivity contribution in [3.8, 4) is 0 Å². The van der Waals surface area contributed by atoms with Gasteiger partial charge in [-0.25, -0.2) is 0 Å². The summed E-state index contributed by atoms with van der Waals surface area (Å²) in [5.41, 5.74) is 0.990. The van der Waals surface area contributed by atoms with Crippen LogP contribution in [0.2, 0.25) is 0 Å². The number of hydrogen-bond acceptors (Lipinski definition) is 3. The zero-order valence-corrected chi connectivity index (χ0v) is 13.0. The number of carbonyl (C=O) groups is 2. The number of nitrogens with one attached hydrogen (secondary N) is 2. The standard InChI is InChI=1S/C15H15BrN2O3/c1-10(11-4-6-12(16)7-5-11)18-14(19)9-17-15(20)13-3-2-8-21-13/h2-8,10H,9H2,1H3,(H,17,20)(H,18,19)/t10-/m1/s1. The molecule has 0 saturated carbocycles. The molecule has 2 N–H and O–H groups in total. The Labute approximate surface area is 130 Å². The molecule has 0 unspecified atom stereocenters. The van der Waals surface area contributed by atoms with Crippen LogP contribution >= 0.6 is 15.9 Å². The SMILES string of the molecule is C[C@@H](NC(=O)CNC(=O)c1ccco1)c1ccc(Br)cc1. The first kappa shape index (κ1) is 15.3. The molecule has 1 aromatic heterocycles. The molecule has 0 saturated heterocycles. The van der Waals surface area contributed by atoms with Gasteiger partial charge in [0.15, 0.2) is 5.76 Å². The Hall–Kier alpha value is -2.08. The monoisotopic (exact) mass is 350 g/mol. The normalized spacial score (nSPS) is 11.7. The van der Waals surface area contributed by atoms with Gasteiger partial charge in [-0.1, -0.05) is 28.1 Å². The Bertz CT molecular complexity index is 608. The summed E-state index contributed by atoms with van der Waals surface area (Å²) in [5.74, 6) is -0.486. The van der Waals surface area contributed by atoms with E-state index in [9.17, 15) is 9.59 Å². The van der Waals surface area contributed by atoms with Crippen molar-refractivity contribution < 1.29 is 14.0 Å². The number of amides is 2. The summed E-state index contributed by atoms with van der Waals surface area (Å²) in [4.78, 5) is 23.4. The van der Waals surface area contributed by atoms with Gasteiger partial charge in [0.1, 0.15) is 0 Å². The van der Waals surface area contributed by atoms with Gasteiger partial charge < -0.3 is 15.1 Å². The molecule has 0 bridgehead atoms. The van der Waals surface area contributed by atoms with Crippen molar-refractivity contribution in [1.29, 1.82) is 0 Å². The Kier molecular flexibility index (Phi) is 5.16. The molecule has 110 valence electrons. The molecule has 21 heavy (non-hydrogen) atoms. The molecular formula is C15H15BrN2O3. The minimum Gasteiger partial charge on any atom is -0.459 e. The lowest BCUT2D eigenvalue weighted by atomic mass is 10.1. The first-order valence-electron chi connectivity index (χ1n) is 6.43. The van der Waals surface area contributed by atoms with Crippen molar-refractivity contribution in [1.82, 2.24) is 10.6 Å². The van der Waals surface area contributed by atoms with Gasteiger partial charge in [0.25, 0.3) is 5.91 Å². The molecule has 1 atom stereocenters. The van der Waals surface area contributed by atoms with Gasteiger partial charge in [-0.3, -0.25) is 9.59 Å². The smallest absolute Gasteiger partial charge is 0.287 e. The molecule has 0 aliphatic rings. The highest BCUT2D eigenvalue weighted by Crippen LogP contribution is 2.16. The van der Waals surface area contributed by atoms with E-state index in [1.807, 2.05) is 31.2 Å². The Balaban J connectivity index is 1.81. The number of hydrogen-bond donors (Lipinski definition) is 2. The van der Waals surface area contributed by atoms with E-state index in [0.717, 1.165) is 10.0 Å². The second kappa shape index (κ2) is 7.08. The second-order valence-electron chi connectivity index (χ2n) is 4.50. The minimum absolute atomic E-state index is 0.0968. The summed E-state index contributed by atoms with van der Waals surface area (Å²) in [6.45, 7) is 1.79. The molecule has 1 heterocycles. The Morgan fingerprint density at radius 1 is 1.24 bits per heavy atom. The van der Waals surface area contributed by atoms with E-state index < -0.39 is 5.91 Å². The molecule has 1 aromatic carbocycles. The molecule has 2 amide bonds. The molecular weight excluding hydrogens is 336 g/mol. The average Bonchev–Trinajstić information content (AvgIpc) is 2.99. The van der Waals surface area contributed by atoms with Gasteiger partial charge in [0.2, 0.25) is 5.91 Å². The quantitative estimate of drug-likeness (QED) is 0.870. The fourth-order valence-electron chi connectivity index (χ4n) is 1.78. The number of halogens is 1. The maximum absolute atomic E-state index is 11.8. The molecule has 0 aliphatic heterocycles. The summed E-state index contributed by atoms with van der Waals surface area (Å²) in [6.07, 6.45) is 1.41. The third-order valence-electron chi connectivity index (χ3n) is 2.90. The molecule has 5 nitrogen and oxygen atoms in total. The lowest BCUT2D eigenvalue weighted by Gasteiger charge is -2.14. The van der Waals surface area contributed by atoms with Crippen LogP contribution in [-0.4, -0.2) is 18.4 Å². The van der Waals surface area contributed by atoms with Crippen LogP contribution in [0.5, 0.6) is 0 Å². The highest BCUT2D eigenvalue weighted by molar-refractivity contribution is 9.10. The third kappa shape index (κ3) is 4.46. The van der Waals surface area contributed by atoms with Crippen molar-refractivity contribution in [3.05, 3.63) is 58.5 Å². The highest BCUT2D eigenvalue weighted by Gasteiger charge is 2.12. The summed E-state index contributed by atoms with van der Waals surface area (Å²) < 4.78 is 5.92. The number of carbonyl (C=O) groups excluding carboxylic acids is 2. The second-order valence-corrected chi connectivity index (χ2v) is 5.42. The maximum atomic E-state index is 11.8. The number of benzene rings is 1. The summed E-state index contributed by atoms with van der Waals surface area (Å²) in [5, 5.41) is 5.32. The van der Waals surface area contributed by atoms with Gasteiger partial charge in [0.05, 0.1) is 18.8 Å². The zero-order chi connectivity index (χ0) is 15.2.